The van der Waals surface area contributed by atoms with Crippen molar-refractivity contribution < 1.29 is 9.90 Å². The van der Waals surface area contributed by atoms with Gasteiger partial charge in [-0.15, -0.1) is 0 Å². The number of benzene rings is 1. The molecular formula is C14H20INO2. The van der Waals surface area contributed by atoms with Gasteiger partial charge in [0.15, 0.2) is 0 Å². The minimum atomic E-state index is -0.744. The van der Waals surface area contributed by atoms with E-state index in [1.165, 1.54) is 9.13 Å². The molecule has 0 aliphatic heterocycles. The second-order valence-corrected chi connectivity index (χ2v) is 6.61. The molecule has 4 heteroatoms. The summed E-state index contributed by atoms with van der Waals surface area (Å²) in [7, 11) is 0. The molecule has 1 aromatic rings. The molecule has 1 rings (SSSR count). The molecule has 0 radical (unpaired) electrons. The maximum atomic E-state index is 10.7. The number of carboxylic acid groups (broad SMARTS) is 1. The van der Waals surface area contributed by atoms with Crippen LogP contribution in [0.3, 0.4) is 0 Å². The highest BCUT2D eigenvalue weighted by molar-refractivity contribution is 14.1. The van der Waals surface area contributed by atoms with Crippen LogP contribution in [0.1, 0.15) is 32.8 Å². The lowest BCUT2D eigenvalue weighted by atomic mass is 10.0. The van der Waals surface area contributed by atoms with Crippen LogP contribution >= 0.6 is 22.6 Å². The number of hydrogen-bond donors (Lipinski definition) is 1. The Kier molecular flexibility index (Phi) is 5.59. The van der Waals surface area contributed by atoms with Gasteiger partial charge in [-0.3, -0.25) is 9.69 Å². The molecule has 0 spiro atoms. The van der Waals surface area contributed by atoms with Gasteiger partial charge in [-0.2, -0.15) is 0 Å². The maximum Gasteiger partial charge on any atom is 0.304 e. The SMILES string of the molecule is CC(C)(C)N(CCC(=O)O)Cc1ccc(I)cc1. The van der Waals surface area contributed by atoms with Crippen molar-refractivity contribution >= 4 is 28.6 Å². The number of nitrogens with zero attached hydrogens (tertiary/aromatic N) is 1. The first kappa shape index (κ1) is 15.4. The van der Waals surface area contributed by atoms with Crippen molar-refractivity contribution in [2.75, 3.05) is 6.54 Å². The monoisotopic (exact) mass is 361 g/mol. The molecule has 0 aromatic heterocycles. The summed E-state index contributed by atoms with van der Waals surface area (Å²) in [5.41, 5.74) is 1.19. The van der Waals surface area contributed by atoms with Gasteiger partial charge >= 0.3 is 5.97 Å². The molecule has 0 fully saturated rings. The van der Waals surface area contributed by atoms with Gasteiger partial charge in [0.1, 0.15) is 0 Å². The molecule has 100 valence electrons. The van der Waals surface area contributed by atoms with E-state index >= 15 is 0 Å². The highest BCUT2D eigenvalue weighted by Crippen LogP contribution is 2.18. The number of hydrogen-bond acceptors (Lipinski definition) is 2. The molecule has 0 saturated carbocycles. The fraction of sp³-hybridized carbons (Fsp3) is 0.500. The normalized spacial score (nSPS) is 11.8. The third-order valence-corrected chi connectivity index (χ3v) is 3.55. The van der Waals surface area contributed by atoms with Crippen molar-refractivity contribution in [3.63, 3.8) is 0 Å². The van der Waals surface area contributed by atoms with E-state index in [0.717, 1.165) is 6.54 Å². The number of carbonyl (C=O) groups is 1. The fourth-order valence-electron chi connectivity index (χ4n) is 1.69. The molecule has 3 nitrogen and oxygen atoms in total. The summed E-state index contributed by atoms with van der Waals surface area (Å²) < 4.78 is 1.21. The van der Waals surface area contributed by atoms with Gasteiger partial charge in [0.05, 0.1) is 6.42 Å². The Hall–Kier alpha value is -0.620. The van der Waals surface area contributed by atoms with E-state index in [4.69, 9.17) is 5.11 Å². The predicted octanol–water partition coefficient (Wildman–Crippen LogP) is 3.37. The Bertz CT molecular complexity index is 395. The lowest BCUT2D eigenvalue weighted by Crippen LogP contribution is -2.41. The molecule has 0 saturated heterocycles. The Morgan fingerprint density at radius 1 is 1.28 bits per heavy atom. The van der Waals surface area contributed by atoms with Gasteiger partial charge in [-0.05, 0) is 61.1 Å². The van der Waals surface area contributed by atoms with E-state index in [0.29, 0.717) is 6.54 Å². The highest BCUT2D eigenvalue weighted by atomic mass is 127. The fourth-order valence-corrected chi connectivity index (χ4v) is 2.05. The van der Waals surface area contributed by atoms with Gasteiger partial charge in [0.25, 0.3) is 0 Å². The number of carboxylic acids is 1. The predicted molar refractivity (Wildman–Crippen MR) is 81.6 cm³/mol. The average Bonchev–Trinajstić information content (AvgIpc) is 2.24. The summed E-state index contributed by atoms with van der Waals surface area (Å²) in [6.45, 7) is 7.70. The molecule has 0 amide bonds. The largest absolute Gasteiger partial charge is 0.481 e. The summed E-state index contributed by atoms with van der Waals surface area (Å²) in [5.74, 6) is -0.744. The summed E-state index contributed by atoms with van der Waals surface area (Å²) in [6, 6.07) is 8.35. The molecule has 1 aromatic carbocycles. The van der Waals surface area contributed by atoms with Gasteiger partial charge < -0.3 is 5.11 Å². The van der Waals surface area contributed by atoms with Crippen molar-refractivity contribution in [3.8, 4) is 0 Å². The van der Waals surface area contributed by atoms with E-state index in [1.807, 2.05) is 0 Å². The van der Waals surface area contributed by atoms with Crippen LogP contribution in [-0.2, 0) is 11.3 Å². The summed E-state index contributed by atoms with van der Waals surface area (Å²) in [5, 5.41) is 8.80. The zero-order valence-electron chi connectivity index (χ0n) is 11.1. The molecule has 0 unspecified atom stereocenters. The minimum absolute atomic E-state index is 0.0293. The minimum Gasteiger partial charge on any atom is -0.481 e. The Balaban J connectivity index is 2.72. The van der Waals surface area contributed by atoms with Crippen LogP contribution < -0.4 is 0 Å². The summed E-state index contributed by atoms with van der Waals surface area (Å²) in [6.07, 6.45) is 0.182. The first-order valence-corrected chi connectivity index (χ1v) is 7.08. The molecular weight excluding hydrogens is 341 g/mol. The van der Waals surface area contributed by atoms with Crippen molar-refractivity contribution in [3.05, 3.63) is 33.4 Å². The van der Waals surface area contributed by atoms with Crippen LogP contribution in [-0.4, -0.2) is 28.1 Å². The zero-order valence-corrected chi connectivity index (χ0v) is 13.3. The van der Waals surface area contributed by atoms with Crippen LogP contribution in [0.25, 0.3) is 0 Å². The molecule has 0 bridgehead atoms. The van der Waals surface area contributed by atoms with Crippen molar-refractivity contribution in [1.29, 1.82) is 0 Å². The third kappa shape index (κ3) is 5.35. The second kappa shape index (κ2) is 6.52. The van der Waals surface area contributed by atoms with Crippen LogP contribution in [0.2, 0.25) is 0 Å². The van der Waals surface area contributed by atoms with E-state index in [-0.39, 0.29) is 12.0 Å². The molecule has 0 atom stereocenters. The lowest BCUT2D eigenvalue weighted by molar-refractivity contribution is -0.137. The van der Waals surface area contributed by atoms with Crippen LogP contribution in [0.15, 0.2) is 24.3 Å². The molecule has 1 N–H and O–H groups in total. The Morgan fingerprint density at radius 3 is 2.28 bits per heavy atom. The quantitative estimate of drug-likeness (QED) is 0.818. The number of halogens is 1. The first-order chi connectivity index (χ1) is 8.29. The summed E-state index contributed by atoms with van der Waals surface area (Å²) in [4.78, 5) is 12.9. The second-order valence-electron chi connectivity index (χ2n) is 5.36. The lowest BCUT2D eigenvalue weighted by Gasteiger charge is -2.35. The van der Waals surface area contributed by atoms with Gasteiger partial charge in [0.2, 0.25) is 0 Å². The van der Waals surface area contributed by atoms with Crippen molar-refractivity contribution in [2.24, 2.45) is 0 Å². The van der Waals surface area contributed by atoms with Crippen LogP contribution in [0.4, 0.5) is 0 Å². The van der Waals surface area contributed by atoms with Crippen molar-refractivity contribution in [1.82, 2.24) is 4.90 Å². The smallest absolute Gasteiger partial charge is 0.304 e. The topological polar surface area (TPSA) is 40.5 Å². The van der Waals surface area contributed by atoms with Crippen molar-refractivity contribution in [2.45, 2.75) is 39.3 Å². The average molecular weight is 361 g/mol. The number of aliphatic carboxylic acids is 1. The Labute approximate surface area is 122 Å². The van der Waals surface area contributed by atoms with Gasteiger partial charge in [-0.25, -0.2) is 0 Å². The summed E-state index contributed by atoms with van der Waals surface area (Å²) >= 11 is 2.28. The van der Waals surface area contributed by atoms with E-state index in [1.54, 1.807) is 0 Å². The molecule has 18 heavy (non-hydrogen) atoms. The van der Waals surface area contributed by atoms with Gasteiger partial charge in [-0.1, -0.05) is 12.1 Å². The first-order valence-electron chi connectivity index (χ1n) is 6.00. The standard InChI is InChI=1S/C14H20INO2/c1-14(2,3)16(9-8-13(17)18)10-11-4-6-12(15)7-5-11/h4-7H,8-10H2,1-3H3,(H,17,18). The van der Waals surface area contributed by atoms with Gasteiger partial charge in [0, 0.05) is 22.2 Å². The van der Waals surface area contributed by atoms with E-state index in [2.05, 4.69) is 72.5 Å². The molecule has 0 aliphatic carbocycles. The molecule has 0 aliphatic rings. The third-order valence-electron chi connectivity index (χ3n) is 2.83. The zero-order chi connectivity index (χ0) is 13.8. The van der Waals surface area contributed by atoms with Crippen LogP contribution in [0.5, 0.6) is 0 Å². The molecule has 0 heterocycles. The van der Waals surface area contributed by atoms with Crippen LogP contribution in [0, 0.1) is 3.57 Å². The highest BCUT2D eigenvalue weighted by Gasteiger charge is 2.21. The number of rotatable bonds is 5. The maximum absolute atomic E-state index is 10.7. The van der Waals surface area contributed by atoms with E-state index < -0.39 is 5.97 Å². The van der Waals surface area contributed by atoms with E-state index in [9.17, 15) is 4.79 Å². The Morgan fingerprint density at radius 2 is 1.83 bits per heavy atom.